The van der Waals surface area contributed by atoms with Gasteiger partial charge in [-0.05, 0) is 12.1 Å². The molecular formula is C12H8CuN2+. The fourth-order valence-electron chi connectivity index (χ4n) is 1.68. The average molecular weight is 244 g/mol. The summed E-state index contributed by atoms with van der Waals surface area (Å²) in [6.07, 6.45) is 3.60. The SMILES string of the molecule is [Cu+].c1cnc2c(c1)ccc1cccnc12. The second kappa shape index (κ2) is 3.97. The van der Waals surface area contributed by atoms with Crippen LogP contribution in [0.25, 0.3) is 21.8 Å². The first-order chi connectivity index (χ1) is 6.95. The van der Waals surface area contributed by atoms with Crippen molar-refractivity contribution < 1.29 is 17.1 Å². The van der Waals surface area contributed by atoms with Crippen LogP contribution in [-0.2, 0) is 17.1 Å². The van der Waals surface area contributed by atoms with Crippen LogP contribution in [0, 0.1) is 0 Å². The van der Waals surface area contributed by atoms with Crippen molar-refractivity contribution in [2.24, 2.45) is 0 Å². The molecule has 3 heteroatoms. The molecule has 76 valence electrons. The van der Waals surface area contributed by atoms with Crippen molar-refractivity contribution >= 4 is 21.8 Å². The molecule has 0 fully saturated rings. The molecule has 0 aliphatic carbocycles. The first kappa shape index (κ1) is 10.1. The summed E-state index contributed by atoms with van der Waals surface area (Å²) in [6.45, 7) is 0. The van der Waals surface area contributed by atoms with E-state index in [2.05, 4.69) is 34.2 Å². The predicted octanol–water partition coefficient (Wildman–Crippen LogP) is 2.78. The maximum Gasteiger partial charge on any atom is 1.00 e. The Hall–Kier alpha value is -1.44. The summed E-state index contributed by atoms with van der Waals surface area (Å²) >= 11 is 0. The van der Waals surface area contributed by atoms with E-state index >= 15 is 0 Å². The van der Waals surface area contributed by atoms with E-state index in [-0.39, 0.29) is 17.1 Å². The summed E-state index contributed by atoms with van der Waals surface area (Å²) in [5.41, 5.74) is 1.95. The van der Waals surface area contributed by atoms with Crippen LogP contribution in [0.2, 0.25) is 0 Å². The second-order valence-electron chi connectivity index (χ2n) is 3.22. The molecule has 2 heterocycles. The van der Waals surface area contributed by atoms with Gasteiger partial charge in [-0.3, -0.25) is 9.97 Å². The Kier molecular flexibility index (Phi) is 2.67. The van der Waals surface area contributed by atoms with Crippen molar-refractivity contribution in [1.82, 2.24) is 9.97 Å². The standard InChI is InChI=1S/C12H8N2.Cu/c1-3-9-5-6-10-4-2-8-14-12(10)11(9)13-7-1;/h1-8H;/q;+1. The van der Waals surface area contributed by atoms with Crippen LogP contribution in [0.15, 0.2) is 48.8 Å². The number of hydrogen-bond acceptors (Lipinski definition) is 2. The van der Waals surface area contributed by atoms with Crippen LogP contribution in [0.5, 0.6) is 0 Å². The molecule has 1 aromatic carbocycles. The minimum absolute atomic E-state index is 0. The Morgan fingerprint density at radius 2 is 1.13 bits per heavy atom. The average Bonchev–Trinajstić information content (AvgIpc) is 2.29. The number of nitrogens with zero attached hydrogens (tertiary/aromatic N) is 2. The monoisotopic (exact) mass is 243 g/mol. The van der Waals surface area contributed by atoms with Crippen molar-refractivity contribution in [1.29, 1.82) is 0 Å². The first-order valence-corrected chi connectivity index (χ1v) is 4.53. The molecule has 0 saturated heterocycles. The number of rotatable bonds is 0. The van der Waals surface area contributed by atoms with Gasteiger partial charge in [0.1, 0.15) is 0 Å². The summed E-state index contributed by atoms with van der Waals surface area (Å²) < 4.78 is 0. The molecule has 3 aromatic rings. The molecule has 0 aliphatic rings. The molecule has 0 bridgehead atoms. The summed E-state index contributed by atoms with van der Waals surface area (Å²) in [5, 5.41) is 2.28. The largest absolute Gasteiger partial charge is 1.00 e. The van der Waals surface area contributed by atoms with E-state index in [1.54, 1.807) is 12.4 Å². The smallest absolute Gasteiger partial charge is 0.254 e. The molecule has 2 nitrogen and oxygen atoms in total. The van der Waals surface area contributed by atoms with Gasteiger partial charge in [-0.25, -0.2) is 0 Å². The summed E-state index contributed by atoms with van der Waals surface area (Å²) in [6, 6.07) is 12.1. The molecule has 0 saturated carbocycles. The van der Waals surface area contributed by atoms with Crippen molar-refractivity contribution in [3.05, 3.63) is 48.8 Å². The molecule has 0 radical (unpaired) electrons. The van der Waals surface area contributed by atoms with E-state index in [1.165, 1.54) is 0 Å². The van der Waals surface area contributed by atoms with Crippen molar-refractivity contribution in [2.45, 2.75) is 0 Å². The molecule has 0 atom stereocenters. The van der Waals surface area contributed by atoms with E-state index in [1.807, 2.05) is 12.1 Å². The molecule has 15 heavy (non-hydrogen) atoms. The van der Waals surface area contributed by atoms with Gasteiger partial charge in [-0.15, -0.1) is 0 Å². The Morgan fingerprint density at radius 3 is 1.60 bits per heavy atom. The van der Waals surface area contributed by atoms with Gasteiger partial charge in [-0.1, -0.05) is 24.3 Å². The van der Waals surface area contributed by atoms with E-state index in [0.717, 1.165) is 21.8 Å². The zero-order valence-electron chi connectivity index (χ0n) is 7.81. The third kappa shape index (κ3) is 1.60. The van der Waals surface area contributed by atoms with Gasteiger partial charge < -0.3 is 0 Å². The van der Waals surface area contributed by atoms with Gasteiger partial charge in [-0.2, -0.15) is 0 Å². The number of hydrogen-bond donors (Lipinski definition) is 0. The summed E-state index contributed by atoms with van der Waals surface area (Å²) in [5.74, 6) is 0. The second-order valence-corrected chi connectivity index (χ2v) is 3.22. The van der Waals surface area contributed by atoms with Crippen LogP contribution in [0.3, 0.4) is 0 Å². The minimum atomic E-state index is 0. The molecule has 0 unspecified atom stereocenters. The van der Waals surface area contributed by atoms with Gasteiger partial charge in [0.05, 0.1) is 11.0 Å². The van der Waals surface area contributed by atoms with E-state index < -0.39 is 0 Å². The molecule has 2 aromatic heterocycles. The Labute approximate surface area is 97.8 Å². The molecule has 0 N–H and O–H groups in total. The van der Waals surface area contributed by atoms with Crippen molar-refractivity contribution in [2.75, 3.05) is 0 Å². The fraction of sp³-hybridized carbons (Fsp3) is 0. The van der Waals surface area contributed by atoms with Gasteiger partial charge in [0.2, 0.25) is 0 Å². The van der Waals surface area contributed by atoms with Gasteiger partial charge in [0, 0.05) is 23.2 Å². The Bertz CT molecular complexity index is 553. The molecule has 0 aliphatic heterocycles. The third-order valence-corrected chi connectivity index (χ3v) is 2.34. The van der Waals surface area contributed by atoms with Crippen LogP contribution in [0.4, 0.5) is 0 Å². The quantitative estimate of drug-likeness (QED) is 0.448. The topological polar surface area (TPSA) is 25.8 Å². The molecule has 3 rings (SSSR count). The maximum atomic E-state index is 4.35. The number of aromatic nitrogens is 2. The Morgan fingerprint density at radius 1 is 0.667 bits per heavy atom. The van der Waals surface area contributed by atoms with Crippen molar-refractivity contribution in [3.8, 4) is 0 Å². The molecule has 0 amide bonds. The normalized spacial score (nSPS) is 10.1. The molecule has 0 spiro atoms. The van der Waals surface area contributed by atoms with Gasteiger partial charge in [0.15, 0.2) is 0 Å². The fourth-order valence-corrected chi connectivity index (χ4v) is 1.68. The van der Waals surface area contributed by atoms with Gasteiger partial charge >= 0.3 is 17.1 Å². The number of benzene rings is 1. The summed E-state index contributed by atoms with van der Waals surface area (Å²) in [4.78, 5) is 8.69. The number of fused-ring (bicyclic) bond motifs is 3. The van der Waals surface area contributed by atoms with E-state index in [4.69, 9.17) is 0 Å². The Balaban J connectivity index is 0.000000853. The maximum absolute atomic E-state index is 4.35. The van der Waals surface area contributed by atoms with Gasteiger partial charge in [0.25, 0.3) is 0 Å². The van der Waals surface area contributed by atoms with Crippen LogP contribution >= 0.6 is 0 Å². The van der Waals surface area contributed by atoms with Crippen LogP contribution < -0.4 is 0 Å². The predicted molar refractivity (Wildman–Crippen MR) is 57.0 cm³/mol. The first-order valence-electron chi connectivity index (χ1n) is 4.53. The van der Waals surface area contributed by atoms with E-state index in [0.29, 0.717) is 0 Å². The zero-order valence-corrected chi connectivity index (χ0v) is 8.76. The van der Waals surface area contributed by atoms with Crippen molar-refractivity contribution in [3.63, 3.8) is 0 Å². The van der Waals surface area contributed by atoms with E-state index in [9.17, 15) is 0 Å². The summed E-state index contributed by atoms with van der Waals surface area (Å²) in [7, 11) is 0. The van der Waals surface area contributed by atoms with Crippen LogP contribution in [0.1, 0.15) is 0 Å². The minimum Gasteiger partial charge on any atom is -0.254 e. The third-order valence-electron chi connectivity index (χ3n) is 2.34. The zero-order chi connectivity index (χ0) is 9.38. The molecular weight excluding hydrogens is 236 g/mol. The van der Waals surface area contributed by atoms with Crippen LogP contribution in [-0.4, -0.2) is 9.97 Å². The number of pyridine rings is 2.